The van der Waals surface area contributed by atoms with Gasteiger partial charge in [0.25, 0.3) is 0 Å². The number of phenolic OH excluding ortho intramolecular Hbond substituents is 1. The molecule has 3 nitrogen and oxygen atoms in total. The van der Waals surface area contributed by atoms with E-state index in [1.165, 1.54) is 12.1 Å². The van der Waals surface area contributed by atoms with Crippen LogP contribution in [0.4, 0.5) is 0 Å². The van der Waals surface area contributed by atoms with Crippen molar-refractivity contribution in [3.63, 3.8) is 0 Å². The second-order valence-electron chi connectivity index (χ2n) is 3.02. The largest absolute Gasteiger partial charge is 0.508 e. The van der Waals surface area contributed by atoms with Crippen LogP contribution in [0.5, 0.6) is 5.75 Å². The highest BCUT2D eigenvalue weighted by Gasteiger charge is 2.04. The standard InChI is InChI=1S/C11H9O3/c1-2-7-5-11(13)14-10-6-8(12)3-4-9(7)10/h3-6,12H,1-2H2. The molecule has 2 rings (SSSR count). The van der Waals surface area contributed by atoms with Crippen LogP contribution in [0.25, 0.3) is 11.0 Å². The Kier molecular flexibility index (Phi) is 2.00. The van der Waals surface area contributed by atoms with Gasteiger partial charge in [0.2, 0.25) is 0 Å². The highest BCUT2D eigenvalue weighted by atomic mass is 16.4. The quantitative estimate of drug-likeness (QED) is 0.697. The summed E-state index contributed by atoms with van der Waals surface area (Å²) in [5, 5.41) is 10.0. The highest BCUT2D eigenvalue weighted by molar-refractivity contribution is 5.81. The molecule has 14 heavy (non-hydrogen) atoms. The van der Waals surface area contributed by atoms with Gasteiger partial charge >= 0.3 is 5.63 Å². The molecule has 2 aromatic rings. The molecule has 71 valence electrons. The van der Waals surface area contributed by atoms with E-state index in [0.717, 1.165) is 10.9 Å². The summed E-state index contributed by atoms with van der Waals surface area (Å²) < 4.78 is 4.94. The topological polar surface area (TPSA) is 50.4 Å². The van der Waals surface area contributed by atoms with Crippen molar-refractivity contribution >= 4 is 11.0 Å². The number of rotatable bonds is 1. The molecule has 0 saturated carbocycles. The van der Waals surface area contributed by atoms with Gasteiger partial charge in [-0.2, -0.15) is 0 Å². The number of hydrogen-bond acceptors (Lipinski definition) is 3. The van der Waals surface area contributed by atoms with Gasteiger partial charge in [-0.1, -0.05) is 0 Å². The van der Waals surface area contributed by atoms with Gasteiger partial charge in [0.15, 0.2) is 0 Å². The first kappa shape index (κ1) is 8.81. The maximum atomic E-state index is 11.1. The van der Waals surface area contributed by atoms with Crippen LogP contribution in [0.15, 0.2) is 33.5 Å². The highest BCUT2D eigenvalue weighted by Crippen LogP contribution is 2.21. The molecule has 0 aliphatic heterocycles. The molecule has 0 saturated heterocycles. The number of benzene rings is 1. The van der Waals surface area contributed by atoms with Crippen LogP contribution in [-0.4, -0.2) is 5.11 Å². The third-order valence-corrected chi connectivity index (χ3v) is 2.08. The fourth-order valence-corrected chi connectivity index (χ4v) is 1.43. The Bertz CT molecular complexity index is 526. The summed E-state index contributed by atoms with van der Waals surface area (Å²) in [4.78, 5) is 11.1. The normalized spacial score (nSPS) is 10.6. The average molecular weight is 189 g/mol. The maximum absolute atomic E-state index is 11.1. The van der Waals surface area contributed by atoms with E-state index in [9.17, 15) is 9.90 Å². The van der Waals surface area contributed by atoms with Gasteiger partial charge in [-0.25, -0.2) is 4.79 Å². The minimum atomic E-state index is -0.415. The Hall–Kier alpha value is -1.77. The van der Waals surface area contributed by atoms with Crippen molar-refractivity contribution in [2.24, 2.45) is 0 Å². The summed E-state index contributed by atoms with van der Waals surface area (Å²) in [5.41, 5.74) is 0.814. The molecule has 0 fully saturated rings. The minimum Gasteiger partial charge on any atom is -0.508 e. The third kappa shape index (κ3) is 1.37. The van der Waals surface area contributed by atoms with Crippen molar-refractivity contribution in [1.29, 1.82) is 0 Å². The van der Waals surface area contributed by atoms with Crippen molar-refractivity contribution in [1.82, 2.24) is 0 Å². The second kappa shape index (κ2) is 3.18. The number of phenols is 1. The van der Waals surface area contributed by atoms with Crippen molar-refractivity contribution in [3.8, 4) is 5.75 Å². The molecule has 0 aliphatic rings. The van der Waals surface area contributed by atoms with E-state index in [1.54, 1.807) is 12.1 Å². The van der Waals surface area contributed by atoms with Gasteiger partial charge < -0.3 is 9.52 Å². The van der Waals surface area contributed by atoms with Crippen LogP contribution in [0, 0.1) is 6.92 Å². The number of fused-ring (bicyclic) bond motifs is 1. The summed E-state index contributed by atoms with van der Waals surface area (Å²) in [5.74, 6) is 0.0851. The van der Waals surface area contributed by atoms with Crippen LogP contribution in [0.3, 0.4) is 0 Å². The molecule has 1 aromatic heterocycles. The van der Waals surface area contributed by atoms with E-state index in [0.29, 0.717) is 12.0 Å². The Morgan fingerprint density at radius 3 is 2.86 bits per heavy atom. The van der Waals surface area contributed by atoms with Crippen LogP contribution < -0.4 is 5.63 Å². The zero-order chi connectivity index (χ0) is 10.1. The molecule has 1 aromatic carbocycles. The van der Waals surface area contributed by atoms with Gasteiger partial charge in [-0.3, -0.25) is 0 Å². The summed E-state index contributed by atoms with van der Waals surface area (Å²) in [6.45, 7) is 3.73. The SMILES string of the molecule is [CH2]Cc1cc(=O)oc2cc(O)ccc12. The van der Waals surface area contributed by atoms with Crippen LogP contribution in [0.2, 0.25) is 0 Å². The first-order valence-corrected chi connectivity index (χ1v) is 4.25. The van der Waals surface area contributed by atoms with E-state index in [2.05, 4.69) is 6.92 Å². The molecule has 3 heteroatoms. The van der Waals surface area contributed by atoms with Crippen molar-refractivity contribution in [3.05, 3.63) is 47.2 Å². The zero-order valence-electron chi connectivity index (χ0n) is 7.49. The van der Waals surface area contributed by atoms with E-state index in [4.69, 9.17) is 4.42 Å². The maximum Gasteiger partial charge on any atom is 0.336 e. The van der Waals surface area contributed by atoms with Crippen LogP contribution >= 0.6 is 0 Å². The zero-order valence-corrected chi connectivity index (χ0v) is 7.49. The molecule has 0 spiro atoms. The first-order valence-electron chi connectivity index (χ1n) is 4.25. The lowest BCUT2D eigenvalue weighted by atomic mass is 10.1. The molecule has 1 N–H and O–H groups in total. The molecule has 0 amide bonds. The van der Waals surface area contributed by atoms with Gasteiger partial charge in [0, 0.05) is 17.5 Å². The lowest BCUT2D eigenvalue weighted by Gasteiger charge is -2.02. The lowest BCUT2D eigenvalue weighted by Crippen LogP contribution is -1.99. The number of hydrogen-bond donors (Lipinski definition) is 1. The van der Waals surface area contributed by atoms with Gasteiger partial charge in [0.05, 0.1) is 0 Å². The summed E-state index contributed by atoms with van der Waals surface area (Å²) in [6, 6.07) is 6.12. The third-order valence-electron chi connectivity index (χ3n) is 2.08. The summed E-state index contributed by atoms with van der Waals surface area (Å²) in [7, 11) is 0. The Morgan fingerprint density at radius 2 is 2.14 bits per heavy atom. The fourth-order valence-electron chi connectivity index (χ4n) is 1.43. The van der Waals surface area contributed by atoms with Crippen LogP contribution in [0.1, 0.15) is 5.56 Å². The molecule has 0 bridgehead atoms. The van der Waals surface area contributed by atoms with E-state index in [-0.39, 0.29) is 5.75 Å². The predicted molar refractivity (Wildman–Crippen MR) is 53.2 cm³/mol. The molecular weight excluding hydrogens is 180 g/mol. The molecule has 0 atom stereocenters. The van der Waals surface area contributed by atoms with Gasteiger partial charge in [-0.05, 0) is 31.0 Å². The summed E-state index contributed by atoms with van der Waals surface area (Å²) >= 11 is 0. The van der Waals surface area contributed by atoms with Gasteiger partial charge in [-0.15, -0.1) is 0 Å². The van der Waals surface area contributed by atoms with E-state index in [1.807, 2.05) is 0 Å². The van der Waals surface area contributed by atoms with E-state index >= 15 is 0 Å². The lowest BCUT2D eigenvalue weighted by molar-refractivity contribution is 0.473. The van der Waals surface area contributed by atoms with Crippen molar-refractivity contribution in [2.45, 2.75) is 6.42 Å². The fraction of sp³-hybridized carbons (Fsp3) is 0.0909. The second-order valence-corrected chi connectivity index (χ2v) is 3.02. The first-order chi connectivity index (χ1) is 6.70. The molecular formula is C11H9O3. The Morgan fingerprint density at radius 1 is 1.36 bits per heavy atom. The average Bonchev–Trinajstić information content (AvgIpc) is 2.15. The molecule has 1 heterocycles. The van der Waals surface area contributed by atoms with Crippen molar-refractivity contribution in [2.75, 3.05) is 0 Å². The minimum absolute atomic E-state index is 0.0851. The van der Waals surface area contributed by atoms with E-state index < -0.39 is 5.63 Å². The van der Waals surface area contributed by atoms with Gasteiger partial charge in [0.1, 0.15) is 11.3 Å². The Balaban J connectivity index is 2.87. The summed E-state index contributed by atoms with van der Waals surface area (Å²) in [6.07, 6.45) is 0.521. The molecule has 0 aliphatic carbocycles. The predicted octanol–water partition coefficient (Wildman–Crippen LogP) is 1.88. The van der Waals surface area contributed by atoms with Crippen LogP contribution in [-0.2, 0) is 6.42 Å². The molecule has 0 unspecified atom stereocenters. The smallest absolute Gasteiger partial charge is 0.336 e. The monoisotopic (exact) mass is 189 g/mol. The van der Waals surface area contributed by atoms with Crippen molar-refractivity contribution < 1.29 is 9.52 Å². The Labute approximate surface area is 80.6 Å². The molecule has 1 radical (unpaired) electrons. The number of aromatic hydroxyl groups is 1.